The summed E-state index contributed by atoms with van der Waals surface area (Å²) in [6, 6.07) is 9.65. The minimum atomic E-state index is -1.39. The van der Waals surface area contributed by atoms with Gasteiger partial charge in [-0.3, -0.25) is 0 Å². The first-order valence-corrected chi connectivity index (χ1v) is 7.89. The lowest BCUT2D eigenvalue weighted by molar-refractivity contribution is -0.279. The van der Waals surface area contributed by atoms with E-state index in [-0.39, 0.29) is 12.5 Å². The van der Waals surface area contributed by atoms with Gasteiger partial charge in [-0.25, -0.2) is 15.0 Å². The van der Waals surface area contributed by atoms with Crippen molar-refractivity contribution < 1.29 is 14.2 Å². The van der Waals surface area contributed by atoms with Crippen LogP contribution in [0.15, 0.2) is 45.3 Å². The summed E-state index contributed by atoms with van der Waals surface area (Å²) in [6.45, 7) is 0.239. The van der Waals surface area contributed by atoms with Gasteiger partial charge in [0.15, 0.2) is 0 Å². The number of nitrogens with two attached hydrogens (primary N) is 1. The summed E-state index contributed by atoms with van der Waals surface area (Å²) >= 11 is 0. The van der Waals surface area contributed by atoms with Gasteiger partial charge in [0.05, 0.1) is 6.34 Å². The quantitative estimate of drug-likeness (QED) is 0.770. The van der Waals surface area contributed by atoms with Gasteiger partial charge in [-0.1, -0.05) is 30.3 Å². The zero-order chi connectivity index (χ0) is 18.1. The molecule has 2 unspecified atom stereocenters. The van der Waals surface area contributed by atoms with Crippen LogP contribution in [0.2, 0.25) is 0 Å². The minimum absolute atomic E-state index is 0.239. The van der Waals surface area contributed by atoms with Crippen molar-refractivity contribution in [3.05, 3.63) is 35.9 Å². The molecule has 2 aliphatic heterocycles. The van der Waals surface area contributed by atoms with E-state index in [0.29, 0.717) is 5.84 Å². The van der Waals surface area contributed by atoms with E-state index >= 15 is 0 Å². The van der Waals surface area contributed by atoms with Crippen molar-refractivity contribution in [1.82, 2.24) is 4.90 Å². The molecule has 0 saturated carbocycles. The third kappa shape index (κ3) is 2.29. The summed E-state index contributed by atoms with van der Waals surface area (Å²) in [6.07, 6.45) is 1.03. The van der Waals surface area contributed by atoms with Crippen molar-refractivity contribution in [3.63, 3.8) is 0 Å². The lowest BCUT2D eigenvalue weighted by Gasteiger charge is -2.48. The number of aliphatic imine (C=N–C) groups is 3. The maximum Gasteiger partial charge on any atom is 0.239 e. The van der Waals surface area contributed by atoms with Crippen LogP contribution in [-0.4, -0.2) is 69.3 Å². The number of likely N-dealkylation sites (N-methyl/N-ethyl adjacent to an activating group) is 1. The highest BCUT2D eigenvalue weighted by atomic mass is 16.7. The van der Waals surface area contributed by atoms with Crippen LogP contribution in [0.3, 0.4) is 0 Å². The second-order valence-electron chi connectivity index (χ2n) is 5.83. The van der Waals surface area contributed by atoms with Crippen LogP contribution in [0, 0.1) is 0 Å². The number of benzene rings is 1. The number of hydrogen-bond acceptors (Lipinski definition) is 8. The highest BCUT2D eigenvalue weighted by Crippen LogP contribution is 2.46. The van der Waals surface area contributed by atoms with Crippen molar-refractivity contribution in [2.24, 2.45) is 20.7 Å². The lowest BCUT2D eigenvalue weighted by atomic mass is 9.79. The molecule has 2 atom stereocenters. The summed E-state index contributed by atoms with van der Waals surface area (Å²) in [5.74, 6) is -0.501. The third-order valence-corrected chi connectivity index (χ3v) is 4.71. The molecular weight excluding hydrogens is 322 g/mol. The molecule has 0 bridgehead atoms. The Morgan fingerprint density at radius 3 is 2.44 bits per heavy atom. The molecule has 8 nitrogen and oxygen atoms in total. The normalized spacial score (nSPS) is 23.9. The Kier molecular flexibility index (Phi) is 4.59. The number of nitrogens with zero attached hydrogens (tertiary/aromatic N) is 4. The Morgan fingerprint density at radius 2 is 1.84 bits per heavy atom. The summed E-state index contributed by atoms with van der Waals surface area (Å²) in [4.78, 5) is 15.2. The van der Waals surface area contributed by atoms with Gasteiger partial charge in [-0.05, 0) is 5.56 Å². The Hall–Kier alpha value is -2.29. The number of methoxy groups -OCH3 is 3. The monoisotopic (exact) mass is 345 g/mol. The van der Waals surface area contributed by atoms with E-state index in [1.807, 2.05) is 37.4 Å². The zero-order valence-electron chi connectivity index (χ0n) is 14.8. The SMILES string of the molecule is COC(c1ccccc1)C(OC)(OC)C12N=CN(C)C1=NCN=C2N. The second-order valence-corrected chi connectivity index (χ2v) is 5.83. The van der Waals surface area contributed by atoms with E-state index < -0.39 is 17.4 Å². The summed E-state index contributed by atoms with van der Waals surface area (Å²) < 4.78 is 17.7. The maximum absolute atomic E-state index is 6.34. The molecule has 0 spiro atoms. The summed E-state index contributed by atoms with van der Waals surface area (Å²) in [7, 11) is 6.53. The van der Waals surface area contributed by atoms with E-state index in [4.69, 9.17) is 19.9 Å². The van der Waals surface area contributed by atoms with E-state index in [1.54, 1.807) is 32.6 Å². The van der Waals surface area contributed by atoms with Crippen molar-refractivity contribution in [1.29, 1.82) is 0 Å². The summed E-state index contributed by atoms with van der Waals surface area (Å²) in [5.41, 5.74) is 5.97. The minimum Gasteiger partial charge on any atom is -0.385 e. The molecule has 8 heteroatoms. The predicted molar refractivity (Wildman–Crippen MR) is 95.9 cm³/mol. The van der Waals surface area contributed by atoms with Crippen molar-refractivity contribution >= 4 is 18.0 Å². The van der Waals surface area contributed by atoms with Crippen molar-refractivity contribution in [2.75, 3.05) is 35.0 Å². The van der Waals surface area contributed by atoms with Crippen LogP contribution in [0.5, 0.6) is 0 Å². The Balaban J connectivity index is 2.23. The van der Waals surface area contributed by atoms with E-state index in [2.05, 4.69) is 15.0 Å². The van der Waals surface area contributed by atoms with Crippen molar-refractivity contribution in [2.45, 2.75) is 17.4 Å². The molecular formula is C17H23N5O3. The van der Waals surface area contributed by atoms with Crippen LogP contribution in [-0.2, 0) is 14.2 Å². The molecule has 0 fully saturated rings. The third-order valence-electron chi connectivity index (χ3n) is 4.71. The van der Waals surface area contributed by atoms with Gasteiger partial charge in [-0.2, -0.15) is 0 Å². The average molecular weight is 345 g/mol. The van der Waals surface area contributed by atoms with Crippen LogP contribution < -0.4 is 5.73 Å². The standard InChI is InChI=1S/C17H23N5O3/c1-22-11-21-16(14(18)19-10-20-15(16)22)17(24-3,25-4)13(23-2)12-8-6-5-7-9-12/h5-9,11,13H,10H2,1-4H3,(H2,18,19). The fourth-order valence-electron chi connectivity index (χ4n) is 3.59. The first-order valence-electron chi connectivity index (χ1n) is 7.89. The number of ether oxygens (including phenoxy) is 3. The molecule has 2 heterocycles. The average Bonchev–Trinajstić information content (AvgIpc) is 3.00. The molecule has 3 rings (SSSR count). The molecule has 1 aromatic rings. The van der Waals surface area contributed by atoms with Crippen molar-refractivity contribution in [3.8, 4) is 0 Å². The Morgan fingerprint density at radius 1 is 1.16 bits per heavy atom. The molecule has 134 valence electrons. The lowest BCUT2D eigenvalue weighted by Crippen LogP contribution is -2.70. The number of rotatable bonds is 6. The zero-order valence-corrected chi connectivity index (χ0v) is 14.8. The van der Waals surface area contributed by atoms with Gasteiger partial charge in [-0.15, -0.1) is 0 Å². The van der Waals surface area contributed by atoms with Crippen LogP contribution in [0.1, 0.15) is 11.7 Å². The van der Waals surface area contributed by atoms with E-state index in [1.165, 1.54) is 0 Å². The summed E-state index contributed by atoms with van der Waals surface area (Å²) in [5, 5.41) is 0. The fraction of sp³-hybridized carbons (Fsp3) is 0.471. The molecule has 0 saturated heterocycles. The smallest absolute Gasteiger partial charge is 0.239 e. The Bertz CT molecular complexity index is 714. The van der Waals surface area contributed by atoms with E-state index in [9.17, 15) is 0 Å². The van der Waals surface area contributed by atoms with Crippen LogP contribution in [0.25, 0.3) is 0 Å². The molecule has 0 amide bonds. The molecule has 2 aliphatic rings. The molecule has 25 heavy (non-hydrogen) atoms. The first kappa shape index (κ1) is 17.5. The molecule has 0 aromatic heterocycles. The van der Waals surface area contributed by atoms with Gasteiger partial charge in [0.1, 0.15) is 24.4 Å². The number of fused-ring (bicyclic) bond motifs is 1. The molecule has 1 aromatic carbocycles. The van der Waals surface area contributed by atoms with Gasteiger partial charge in [0, 0.05) is 28.4 Å². The number of hydrogen-bond donors (Lipinski definition) is 1. The van der Waals surface area contributed by atoms with E-state index in [0.717, 1.165) is 5.56 Å². The number of amidine groups is 2. The van der Waals surface area contributed by atoms with Gasteiger partial charge in [0.2, 0.25) is 11.3 Å². The first-order chi connectivity index (χ1) is 12.1. The van der Waals surface area contributed by atoms with Gasteiger partial charge in [0.25, 0.3) is 0 Å². The van der Waals surface area contributed by atoms with Crippen LogP contribution >= 0.6 is 0 Å². The van der Waals surface area contributed by atoms with Gasteiger partial charge >= 0.3 is 0 Å². The molecule has 0 radical (unpaired) electrons. The van der Waals surface area contributed by atoms with Crippen LogP contribution in [0.4, 0.5) is 0 Å². The molecule has 0 aliphatic carbocycles. The topological polar surface area (TPSA) is 94.0 Å². The molecule has 2 N–H and O–H groups in total. The highest BCUT2D eigenvalue weighted by molar-refractivity contribution is 6.21. The van der Waals surface area contributed by atoms with Gasteiger partial charge < -0.3 is 24.8 Å². The largest absolute Gasteiger partial charge is 0.385 e. The fourth-order valence-corrected chi connectivity index (χ4v) is 3.59. The maximum atomic E-state index is 6.34. The Labute approximate surface area is 147 Å². The predicted octanol–water partition coefficient (Wildman–Crippen LogP) is 0.803. The second kappa shape index (κ2) is 6.55. The highest BCUT2D eigenvalue weighted by Gasteiger charge is 2.67.